The molecule has 0 bridgehead atoms. The topological polar surface area (TPSA) is 54.4 Å². The summed E-state index contributed by atoms with van der Waals surface area (Å²) in [6.45, 7) is 4.63. The van der Waals surface area contributed by atoms with Crippen molar-refractivity contribution in [3.8, 4) is 0 Å². The molecule has 3 nitrogen and oxygen atoms in total. The molecule has 3 fully saturated rings. The highest BCUT2D eigenvalue weighted by molar-refractivity contribution is 5.91. The number of carboxylic acid groups (broad SMARTS) is 1. The summed E-state index contributed by atoms with van der Waals surface area (Å²) in [6.07, 6.45) is 9.99. The van der Waals surface area contributed by atoms with E-state index in [0.717, 1.165) is 44.9 Å². The molecule has 3 saturated carbocycles. The summed E-state index contributed by atoms with van der Waals surface area (Å²) in [5.41, 5.74) is 1.58. The van der Waals surface area contributed by atoms with Crippen LogP contribution in [0.3, 0.4) is 0 Å². The highest BCUT2D eigenvalue weighted by Gasteiger charge is 2.60. The van der Waals surface area contributed by atoms with E-state index in [1.165, 1.54) is 5.57 Å². The molecule has 0 aliphatic heterocycles. The minimum atomic E-state index is -0.584. The number of hydrogen-bond donors (Lipinski definition) is 1. The SMILES string of the molecule is CC12CCC(=O)C=C1CCC1C2CCC2(C)C(C(=O)O)CCC12. The summed E-state index contributed by atoms with van der Waals surface area (Å²) < 4.78 is 0. The van der Waals surface area contributed by atoms with Crippen LogP contribution in [0.1, 0.15) is 65.2 Å². The Bertz CT molecular complexity index is 592. The minimum Gasteiger partial charge on any atom is -0.481 e. The molecule has 0 aromatic heterocycles. The molecule has 6 unspecified atom stereocenters. The third-order valence-electron chi connectivity index (χ3n) is 8.26. The summed E-state index contributed by atoms with van der Waals surface area (Å²) in [4.78, 5) is 23.5. The van der Waals surface area contributed by atoms with Crippen LogP contribution >= 0.6 is 0 Å². The van der Waals surface area contributed by atoms with Gasteiger partial charge in [-0.3, -0.25) is 9.59 Å². The number of ketones is 1. The van der Waals surface area contributed by atoms with Gasteiger partial charge >= 0.3 is 5.97 Å². The van der Waals surface area contributed by atoms with Crippen molar-refractivity contribution in [2.45, 2.75) is 65.2 Å². The molecule has 0 aromatic carbocycles. The van der Waals surface area contributed by atoms with Gasteiger partial charge in [-0.25, -0.2) is 0 Å². The molecule has 0 amide bonds. The van der Waals surface area contributed by atoms with E-state index in [1.807, 2.05) is 6.08 Å². The predicted octanol–water partition coefficient (Wildman–Crippen LogP) is 4.22. The minimum absolute atomic E-state index is 0.00490. The molecule has 0 spiro atoms. The van der Waals surface area contributed by atoms with E-state index in [-0.39, 0.29) is 16.7 Å². The van der Waals surface area contributed by atoms with Crippen molar-refractivity contribution in [2.24, 2.45) is 34.5 Å². The molecular weight excluding hydrogens is 288 g/mol. The molecule has 4 rings (SSSR count). The Morgan fingerprint density at radius 3 is 2.61 bits per heavy atom. The van der Waals surface area contributed by atoms with Gasteiger partial charge in [0.05, 0.1) is 5.92 Å². The fourth-order valence-corrected chi connectivity index (χ4v) is 6.97. The molecular formula is C20H28O3. The summed E-state index contributed by atoms with van der Waals surface area (Å²) in [7, 11) is 0. The number of carbonyl (C=O) groups is 2. The lowest BCUT2D eigenvalue weighted by molar-refractivity contribution is -0.149. The fourth-order valence-electron chi connectivity index (χ4n) is 6.97. The van der Waals surface area contributed by atoms with Gasteiger partial charge in [0.25, 0.3) is 0 Å². The molecule has 0 aromatic rings. The van der Waals surface area contributed by atoms with Crippen molar-refractivity contribution >= 4 is 11.8 Å². The van der Waals surface area contributed by atoms with Crippen LogP contribution in [0.15, 0.2) is 11.6 Å². The van der Waals surface area contributed by atoms with E-state index in [2.05, 4.69) is 13.8 Å². The first-order valence-corrected chi connectivity index (χ1v) is 9.33. The van der Waals surface area contributed by atoms with Crippen LogP contribution in [0, 0.1) is 34.5 Å². The molecule has 126 valence electrons. The highest BCUT2D eigenvalue weighted by Crippen LogP contribution is 2.66. The monoisotopic (exact) mass is 316 g/mol. The maximum atomic E-state index is 11.8. The number of allylic oxidation sites excluding steroid dienone is 1. The molecule has 6 atom stereocenters. The van der Waals surface area contributed by atoms with Crippen LogP contribution < -0.4 is 0 Å². The summed E-state index contributed by atoms with van der Waals surface area (Å²) in [5, 5.41) is 9.63. The van der Waals surface area contributed by atoms with Gasteiger partial charge in [-0.15, -0.1) is 0 Å². The Morgan fingerprint density at radius 2 is 1.87 bits per heavy atom. The van der Waals surface area contributed by atoms with Crippen molar-refractivity contribution in [3.05, 3.63) is 11.6 Å². The zero-order valence-corrected chi connectivity index (χ0v) is 14.3. The molecule has 4 aliphatic carbocycles. The van der Waals surface area contributed by atoms with E-state index < -0.39 is 5.97 Å². The first-order valence-electron chi connectivity index (χ1n) is 9.33. The number of rotatable bonds is 1. The lowest BCUT2D eigenvalue weighted by atomic mass is 9.47. The van der Waals surface area contributed by atoms with Crippen molar-refractivity contribution in [2.75, 3.05) is 0 Å². The first-order chi connectivity index (χ1) is 10.9. The second kappa shape index (κ2) is 4.94. The van der Waals surface area contributed by atoms with E-state index in [0.29, 0.717) is 30.0 Å². The van der Waals surface area contributed by atoms with Crippen molar-refractivity contribution in [3.63, 3.8) is 0 Å². The van der Waals surface area contributed by atoms with Crippen LogP contribution in [-0.2, 0) is 9.59 Å². The Morgan fingerprint density at radius 1 is 1.09 bits per heavy atom. The Labute approximate surface area is 138 Å². The Hall–Kier alpha value is -1.12. The normalized spacial score (nSPS) is 49.0. The second-order valence-electron chi connectivity index (χ2n) is 8.98. The smallest absolute Gasteiger partial charge is 0.307 e. The highest BCUT2D eigenvalue weighted by atomic mass is 16.4. The second-order valence-corrected chi connectivity index (χ2v) is 8.98. The fraction of sp³-hybridized carbons (Fsp3) is 0.800. The van der Waals surface area contributed by atoms with Gasteiger partial charge in [0.1, 0.15) is 0 Å². The Kier molecular flexibility index (Phi) is 3.31. The quantitative estimate of drug-likeness (QED) is 0.788. The average molecular weight is 316 g/mol. The Balaban J connectivity index is 1.67. The zero-order chi connectivity index (χ0) is 16.4. The molecule has 4 aliphatic rings. The van der Waals surface area contributed by atoms with Gasteiger partial charge in [0.2, 0.25) is 0 Å². The van der Waals surface area contributed by atoms with E-state index in [1.54, 1.807) is 0 Å². The molecule has 3 heteroatoms. The van der Waals surface area contributed by atoms with Crippen LogP contribution in [0.25, 0.3) is 0 Å². The number of fused-ring (bicyclic) bond motifs is 5. The van der Waals surface area contributed by atoms with E-state index in [4.69, 9.17) is 0 Å². The maximum Gasteiger partial charge on any atom is 0.307 e. The van der Waals surface area contributed by atoms with Gasteiger partial charge < -0.3 is 5.11 Å². The van der Waals surface area contributed by atoms with Gasteiger partial charge in [-0.2, -0.15) is 0 Å². The molecule has 0 heterocycles. The van der Waals surface area contributed by atoms with Crippen LogP contribution in [-0.4, -0.2) is 16.9 Å². The summed E-state index contributed by atoms with van der Waals surface area (Å²) in [6, 6.07) is 0. The number of aliphatic carboxylic acids is 1. The number of carboxylic acids is 1. The van der Waals surface area contributed by atoms with Crippen molar-refractivity contribution in [1.29, 1.82) is 0 Å². The molecule has 1 N–H and O–H groups in total. The maximum absolute atomic E-state index is 11.8. The van der Waals surface area contributed by atoms with Crippen LogP contribution in [0.2, 0.25) is 0 Å². The van der Waals surface area contributed by atoms with E-state index >= 15 is 0 Å². The van der Waals surface area contributed by atoms with Crippen LogP contribution in [0.5, 0.6) is 0 Å². The summed E-state index contributed by atoms with van der Waals surface area (Å²) >= 11 is 0. The van der Waals surface area contributed by atoms with Crippen LogP contribution in [0.4, 0.5) is 0 Å². The van der Waals surface area contributed by atoms with Gasteiger partial charge in [-0.1, -0.05) is 19.4 Å². The van der Waals surface area contributed by atoms with Crippen molar-refractivity contribution in [1.82, 2.24) is 0 Å². The number of carbonyl (C=O) groups excluding carboxylic acids is 1. The molecule has 23 heavy (non-hydrogen) atoms. The third kappa shape index (κ3) is 2.01. The zero-order valence-electron chi connectivity index (χ0n) is 14.3. The van der Waals surface area contributed by atoms with Gasteiger partial charge in [-0.05, 0) is 79.6 Å². The number of hydrogen-bond acceptors (Lipinski definition) is 2. The lowest BCUT2D eigenvalue weighted by Crippen LogP contribution is -2.51. The third-order valence-corrected chi connectivity index (χ3v) is 8.26. The average Bonchev–Trinajstić information content (AvgIpc) is 2.85. The lowest BCUT2D eigenvalue weighted by Gasteiger charge is -2.57. The van der Waals surface area contributed by atoms with Crippen molar-refractivity contribution < 1.29 is 14.7 Å². The van der Waals surface area contributed by atoms with E-state index in [9.17, 15) is 14.7 Å². The molecule has 0 radical (unpaired) electrons. The summed E-state index contributed by atoms with van der Waals surface area (Å²) in [5.74, 6) is 1.46. The van der Waals surface area contributed by atoms with Gasteiger partial charge in [0.15, 0.2) is 5.78 Å². The predicted molar refractivity (Wildman–Crippen MR) is 87.8 cm³/mol. The standard InChI is InChI=1S/C20H28O3/c1-19-9-7-13(21)11-12(19)3-4-14-15-5-6-17(18(22)23)20(15,2)10-8-16(14)19/h11,14-17H,3-10H2,1-2H3,(H,22,23). The largest absolute Gasteiger partial charge is 0.481 e. The first kappa shape index (κ1) is 15.4. The molecule has 0 saturated heterocycles. The van der Waals surface area contributed by atoms with Gasteiger partial charge in [0, 0.05) is 6.42 Å².